The molecule has 0 bridgehead atoms. The molecule has 6 nitrogen and oxygen atoms in total. The number of benzene rings is 3. The summed E-state index contributed by atoms with van der Waals surface area (Å²) >= 11 is 0. The lowest BCUT2D eigenvalue weighted by Crippen LogP contribution is -2.33. The van der Waals surface area contributed by atoms with Crippen LogP contribution in [-0.2, 0) is 16.6 Å². The van der Waals surface area contributed by atoms with Gasteiger partial charge in [-0.15, -0.1) is 0 Å². The first kappa shape index (κ1) is 24.3. The van der Waals surface area contributed by atoms with Crippen molar-refractivity contribution >= 4 is 26.7 Å². The van der Waals surface area contributed by atoms with Gasteiger partial charge in [-0.3, -0.25) is 0 Å². The molecule has 8 heteroatoms. The molecular formula is C28H29FN4O2S. The number of rotatable bonds is 7. The predicted molar refractivity (Wildman–Crippen MR) is 141 cm³/mol. The quantitative estimate of drug-likeness (QED) is 0.334. The second kappa shape index (κ2) is 9.26. The molecule has 3 aromatic carbocycles. The van der Waals surface area contributed by atoms with Gasteiger partial charge in [0.2, 0.25) is 10.0 Å². The second-order valence-electron chi connectivity index (χ2n) is 10.2. The predicted octanol–water partition coefficient (Wildman–Crippen LogP) is 6.00. The van der Waals surface area contributed by atoms with E-state index in [1.54, 1.807) is 42.5 Å². The van der Waals surface area contributed by atoms with Crippen molar-refractivity contribution in [3.63, 3.8) is 0 Å². The van der Waals surface area contributed by atoms with E-state index in [-0.39, 0.29) is 23.0 Å². The summed E-state index contributed by atoms with van der Waals surface area (Å²) in [6, 6.07) is 18.9. The molecule has 1 aromatic heterocycles. The molecule has 0 spiro atoms. The Kier molecular flexibility index (Phi) is 6.26. The van der Waals surface area contributed by atoms with Crippen LogP contribution in [0.4, 0.5) is 10.2 Å². The largest absolute Gasteiger partial charge is 0.365 e. The molecule has 0 unspecified atom stereocenters. The van der Waals surface area contributed by atoms with E-state index in [1.165, 1.54) is 16.7 Å². The van der Waals surface area contributed by atoms with Gasteiger partial charge in [-0.05, 0) is 81.1 Å². The van der Waals surface area contributed by atoms with Gasteiger partial charge in [-0.25, -0.2) is 22.8 Å². The van der Waals surface area contributed by atoms with E-state index in [9.17, 15) is 12.8 Å². The Morgan fingerprint density at radius 2 is 1.67 bits per heavy atom. The van der Waals surface area contributed by atoms with Gasteiger partial charge in [0.25, 0.3) is 0 Å². The highest BCUT2D eigenvalue weighted by Gasteiger charge is 2.38. The molecular weight excluding hydrogens is 475 g/mol. The minimum Gasteiger partial charge on any atom is -0.365 e. The number of sulfonamides is 1. The average Bonchev–Trinajstić information content (AvgIpc) is 3.68. The molecule has 1 aliphatic carbocycles. The lowest BCUT2D eigenvalue weighted by Gasteiger charge is -2.23. The number of anilines is 1. The molecule has 0 amide bonds. The van der Waals surface area contributed by atoms with Crippen LogP contribution in [0.5, 0.6) is 0 Å². The first-order chi connectivity index (χ1) is 17.1. The summed E-state index contributed by atoms with van der Waals surface area (Å²) < 4.78 is 43.1. The first-order valence-electron chi connectivity index (χ1n) is 12.0. The second-order valence-corrected chi connectivity index (χ2v) is 12.1. The van der Waals surface area contributed by atoms with Gasteiger partial charge in [0.15, 0.2) is 0 Å². The fraction of sp³-hybridized carbons (Fsp3) is 0.286. The summed E-state index contributed by atoms with van der Waals surface area (Å²) in [7, 11) is -3.74. The molecule has 0 atom stereocenters. The highest BCUT2D eigenvalue weighted by Crippen LogP contribution is 2.35. The van der Waals surface area contributed by atoms with E-state index in [4.69, 9.17) is 0 Å². The average molecular weight is 505 g/mol. The molecule has 0 radical (unpaired) electrons. The van der Waals surface area contributed by atoms with E-state index in [1.807, 2.05) is 18.2 Å². The Bertz CT molecular complexity index is 1510. The fourth-order valence-corrected chi connectivity index (χ4v) is 5.92. The van der Waals surface area contributed by atoms with Crippen LogP contribution >= 0.6 is 0 Å². The van der Waals surface area contributed by atoms with Crippen molar-refractivity contribution in [2.45, 2.75) is 56.6 Å². The molecule has 1 fully saturated rings. The minimum atomic E-state index is -3.74. The minimum absolute atomic E-state index is 0.0188. The van der Waals surface area contributed by atoms with Crippen LogP contribution in [0.15, 0.2) is 78.0 Å². The van der Waals surface area contributed by atoms with Crippen LogP contribution in [0.3, 0.4) is 0 Å². The van der Waals surface area contributed by atoms with Crippen LogP contribution in [0.1, 0.15) is 39.2 Å². The van der Waals surface area contributed by atoms with Crippen LogP contribution in [0.2, 0.25) is 0 Å². The van der Waals surface area contributed by atoms with Crippen LogP contribution in [0.25, 0.3) is 22.0 Å². The van der Waals surface area contributed by atoms with E-state index in [2.05, 4.69) is 36.1 Å². The summed E-state index contributed by atoms with van der Waals surface area (Å²) in [4.78, 5) is 9.02. The van der Waals surface area contributed by atoms with E-state index in [0.29, 0.717) is 5.56 Å². The lowest BCUT2D eigenvalue weighted by atomic mass is 10.0. The van der Waals surface area contributed by atoms with E-state index >= 15 is 0 Å². The maximum absolute atomic E-state index is 15.0. The van der Waals surface area contributed by atoms with Gasteiger partial charge < -0.3 is 5.32 Å². The highest BCUT2D eigenvalue weighted by atomic mass is 32.2. The number of hydrogen-bond donors (Lipinski definition) is 1. The standard InChI is InChI=1S/C28H29FN4O2S/c1-28(2,3)32-27-24-16-20(10-14-26(24)30-18-31-27)19-9-13-25(29)21(15-19)17-33(22-11-12-22)36(34,35)23-7-5-4-6-8-23/h4-10,13-16,18,22H,11-12,17H2,1-3H3,(H,30,31,32). The van der Waals surface area contributed by atoms with Crippen molar-refractivity contribution < 1.29 is 12.8 Å². The number of aromatic nitrogens is 2. The fourth-order valence-electron chi connectivity index (χ4n) is 4.24. The smallest absolute Gasteiger partial charge is 0.243 e. The number of fused-ring (bicyclic) bond motifs is 1. The third-order valence-corrected chi connectivity index (χ3v) is 8.05. The number of nitrogens with one attached hydrogen (secondary N) is 1. The summed E-state index contributed by atoms with van der Waals surface area (Å²) in [6.45, 7) is 6.17. The normalized spacial score (nSPS) is 14.4. The SMILES string of the molecule is CC(C)(C)Nc1ncnc2ccc(-c3ccc(F)c(CN(C4CC4)S(=O)(=O)c4ccccc4)c3)cc12. The molecule has 1 N–H and O–H groups in total. The molecule has 0 saturated heterocycles. The Hall–Kier alpha value is -3.36. The molecule has 1 saturated carbocycles. The van der Waals surface area contributed by atoms with Gasteiger partial charge in [-0.2, -0.15) is 4.31 Å². The van der Waals surface area contributed by atoms with Crippen molar-refractivity contribution in [2.75, 3.05) is 5.32 Å². The summed E-state index contributed by atoms with van der Waals surface area (Å²) in [5.41, 5.74) is 2.63. The highest BCUT2D eigenvalue weighted by molar-refractivity contribution is 7.89. The van der Waals surface area contributed by atoms with Gasteiger partial charge in [0.05, 0.1) is 10.4 Å². The van der Waals surface area contributed by atoms with Gasteiger partial charge in [0.1, 0.15) is 18.0 Å². The summed E-state index contributed by atoms with van der Waals surface area (Å²) in [5.74, 6) is 0.303. The molecule has 4 aromatic rings. The van der Waals surface area contributed by atoms with Crippen LogP contribution in [0, 0.1) is 5.82 Å². The lowest BCUT2D eigenvalue weighted by molar-refractivity contribution is 0.391. The van der Waals surface area contributed by atoms with Gasteiger partial charge in [0, 0.05) is 29.1 Å². The third-order valence-electron chi connectivity index (χ3n) is 6.14. The van der Waals surface area contributed by atoms with Gasteiger partial charge in [-0.1, -0.05) is 30.3 Å². The number of hydrogen-bond acceptors (Lipinski definition) is 5. The Balaban J connectivity index is 1.51. The Labute approximate surface area is 211 Å². The van der Waals surface area contributed by atoms with E-state index in [0.717, 1.165) is 40.7 Å². The van der Waals surface area contributed by atoms with Crippen molar-refractivity contribution in [2.24, 2.45) is 0 Å². The zero-order valence-electron chi connectivity index (χ0n) is 20.6. The maximum Gasteiger partial charge on any atom is 0.243 e. The van der Waals surface area contributed by atoms with Gasteiger partial charge >= 0.3 is 0 Å². The molecule has 1 aliphatic rings. The molecule has 186 valence electrons. The van der Waals surface area contributed by atoms with Crippen molar-refractivity contribution in [1.29, 1.82) is 0 Å². The molecule has 5 rings (SSSR count). The Morgan fingerprint density at radius 3 is 2.36 bits per heavy atom. The zero-order valence-corrected chi connectivity index (χ0v) is 21.4. The zero-order chi connectivity index (χ0) is 25.5. The number of halogens is 1. The number of nitrogens with zero attached hydrogens (tertiary/aromatic N) is 3. The van der Waals surface area contributed by atoms with Crippen molar-refractivity contribution in [1.82, 2.24) is 14.3 Å². The summed E-state index contributed by atoms with van der Waals surface area (Å²) in [5, 5.41) is 4.28. The van der Waals surface area contributed by atoms with E-state index < -0.39 is 15.8 Å². The first-order valence-corrected chi connectivity index (χ1v) is 13.4. The molecule has 0 aliphatic heterocycles. The monoisotopic (exact) mass is 504 g/mol. The Morgan fingerprint density at radius 1 is 0.972 bits per heavy atom. The third kappa shape index (κ3) is 5.10. The molecule has 1 heterocycles. The van der Waals surface area contributed by atoms with Crippen molar-refractivity contribution in [3.05, 3.63) is 84.4 Å². The maximum atomic E-state index is 15.0. The topological polar surface area (TPSA) is 75.2 Å². The van der Waals surface area contributed by atoms with Crippen LogP contribution < -0.4 is 5.32 Å². The van der Waals surface area contributed by atoms with Crippen LogP contribution in [-0.4, -0.2) is 34.3 Å². The molecule has 36 heavy (non-hydrogen) atoms. The van der Waals surface area contributed by atoms with Crippen molar-refractivity contribution in [3.8, 4) is 11.1 Å². The summed E-state index contributed by atoms with van der Waals surface area (Å²) in [6.07, 6.45) is 3.09.